The number of rotatable bonds is 3. The van der Waals surface area contributed by atoms with E-state index in [0.717, 1.165) is 11.3 Å². The lowest BCUT2D eigenvalue weighted by Gasteiger charge is -2.20. The molecule has 0 fully saturated rings. The van der Waals surface area contributed by atoms with Gasteiger partial charge in [-0.1, -0.05) is 23.5 Å². The van der Waals surface area contributed by atoms with Gasteiger partial charge in [-0.2, -0.15) is 0 Å². The molecule has 0 bridgehead atoms. The van der Waals surface area contributed by atoms with Gasteiger partial charge in [0.15, 0.2) is 10.6 Å². The van der Waals surface area contributed by atoms with E-state index in [9.17, 15) is 14.4 Å². The molecule has 9 heteroatoms. The van der Waals surface area contributed by atoms with E-state index in [1.807, 2.05) is 0 Å². The number of hydrogen-bond acceptors (Lipinski definition) is 8. The third-order valence-corrected chi connectivity index (χ3v) is 6.09. The molecular formula is C21H14N2O6S. The van der Waals surface area contributed by atoms with Crippen molar-refractivity contribution in [1.82, 2.24) is 4.98 Å². The number of fused-ring (bicyclic) bond motifs is 2. The zero-order valence-electron chi connectivity index (χ0n) is 15.9. The molecule has 4 aromatic rings. The summed E-state index contributed by atoms with van der Waals surface area (Å²) in [5, 5.41) is 0.613. The Kier molecular flexibility index (Phi) is 4.07. The maximum Gasteiger partial charge on any atom is 0.350 e. The van der Waals surface area contributed by atoms with Crippen molar-refractivity contribution in [3.05, 3.63) is 80.5 Å². The van der Waals surface area contributed by atoms with Gasteiger partial charge in [-0.25, -0.2) is 9.78 Å². The highest BCUT2D eigenvalue weighted by molar-refractivity contribution is 7.17. The van der Waals surface area contributed by atoms with Crippen LogP contribution < -0.4 is 10.3 Å². The van der Waals surface area contributed by atoms with E-state index in [0.29, 0.717) is 22.4 Å². The lowest BCUT2D eigenvalue weighted by molar-refractivity contribution is 0.0605. The molecule has 0 unspecified atom stereocenters. The van der Waals surface area contributed by atoms with Crippen molar-refractivity contribution < 1.29 is 23.2 Å². The number of nitrogens with zero attached hydrogens (tertiary/aromatic N) is 2. The van der Waals surface area contributed by atoms with Gasteiger partial charge in [0.1, 0.15) is 22.3 Å². The molecule has 4 heterocycles. The molecule has 3 aromatic heterocycles. The van der Waals surface area contributed by atoms with Crippen molar-refractivity contribution in [2.24, 2.45) is 0 Å². The first kappa shape index (κ1) is 18.3. The van der Waals surface area contributed by atoms with Crippen molar-refractivity contribution in [2.45, 2.75) is 13.0 Å². The Morgan fingerprint density at radius 1 is 1.20 bits per heavy atom. The van der Waals surface area contributed by atoms with Crippen LogP contribution >= 0.6 is 11.3 Å². The molecule has 150 valence electrons. The third kappa shape index (κ3) is 2.52. The summed E-state index contributed by atoms with van der Waals surface area (Å²) in [6.45, 7) is 1.65. The predicted octanol–water partition coefficient (Wildman–Crippen LogP) is 3.69. The maximum atomic E-state index is 13.4. The minimum Gasteiger partial charge on any atom is -0.467 e. The Bertz CT molecular complexity index is 1370. The number of benzene rings is 1. The molecule has 1 aliphatic rings. The summed E-state index contributed by atoms with van der Waals surface area (Å²) in [6, 6.07) is 9.23. The summed E-state index contributed by atoms with van der Waals surface area (Å²) in [4.78, 5) is 44.7. The van der Waals surface area contributed by atoms with E-state index >= 15 is 0 Å². The number of carbonyl (C=O) groups is 2. The monoisotopic (exact) mass is 422 g/mol. The maximum absolute atomic E-state index is 13.4. The minimum atomic E-state index is -0.862. The zero-order valence-corrected chi connectivity index (χ0v) is 16.7. The highest BCUT2D eigenvalue weighted by Gasteiger charge is 2.46. The van der Waals surface area contributed by atoms with Crippen LogP contribution in [-0.4, -0.2) is 24.0 Å². The number of amides is 1. The van der Waals surface area contributed by atoms with Gasteiger partial charge in [-0.15, -0.1) is 0 Å². The van der Waals surface area contributed by atoms with Crippen LogP contribution in [0.5, 0.6) is 0 Å². The van der Waals surface area contributed by atoms with Gasteiger partial charge in [0.2, 0.25) is 5.76 Å². The number of aromatic nitrogens is 1. The molecule has 0 N–H and O–H groups in total. The Hall–Kier alpha value is -3.72. The van der Waals surface area contributed by atoms with Crippen LogP contribution in [0, 0.1) is 6.92 Å². The lowest BCUT2D eigenvalue weighted by Crippen LogP contribution is -2.29. The summed E-state index contributed by atoms with van der Waals surface area (Å²) in [5.74, 6) is -0.751. The fourth-order valence-electron chi connectivity index (χ4n) is 3.60. The van der Waals surface area contributed by atoms with Gasteiger partial charge in [0, 0.05) is 0 Å². The molecule has 0 radical (unpaired) electrons. The molecule has 0 spiro atoms. The van der Waals surface area contributed by atoms with Gasteiger partial charge >= 0.3 is 5.97 Å². The summed E-state index contributed by atoms with van der Waals surface area (Å²) >= 11 is 1.01. The average Bonchev–Trinajstić information content (AvgIpc) is 3.46. The number of aryl methyl sites for hydroxylation is 1. The van der Waals surface area contributed by atoms with E-state index in [1.165, 1.54) is 18.3 Å². The average molecular weight is 422 g/mol. The Labute approximate surface area is 173 Å². The fourth-order valence-corrected chi connectivity index (χ4v) is 4.61. The van der Waals surface area contributed by atoms with Gasteiger partial charge < -0.3 is 13.6 Å². The van der Waals surface area contributed by atoms with Crippen LogP contribution in [0.4, 0.5) is 5.13 Å². The van der Waals surface area contributed by atoms with E-state index in [-0.39, 0.29) is 26.8 Å². The number of ether oxygens (including phenoxy) is 1. The number of thiazole rings is 1. The van der Waals surface area contributed by atoms with Crippen molar-refractivity contribution >= 4 is 39.3 Å². The van der Waals surface area contributed by atoms with Crippen LogP contribution in [0.2, 0.25) is 0 Å². The minimum absolute atomic E-state index is 0.0624. The molecule has 8 nitrogen and oxygen atoms in total. The first-order valence-corrected chi connectivity index (χ1v) is 9.81. The highest BCUT2D eigenvalue weighted by atomic mass is 32.1. The fraction of sp³-hybridized carbons (Fsp3) is 0.143. The van der Waals surface area contributed by atoms with Gasteiger partial charge in [0.25, 0.3) is 5.91 Å². The zero-order chi connectivity index (χ0) is 21.0. The van der Waals surface area contributed by atoms with Crippen molar-refractivity contribution in [2.75, 3.05) is 12.0 Å². The van der Waals surface area contributed by atoms with Gasteiger partial charge in [-0.3, -0.25) is 14.5 Å². The number of anilines is 1. The number of methoxy groups -OCH3 is 1. The largest absolute Gasteiger partial charge is 0.467 e. The number of esters is 1. The van der Waals surface area contributed by atoms with Crippen LogP contribution in [0.1, 0.15) is 43.3 Å². The Balaban J connectivity index is 1.77. The smallest absolute Gasteiger partial charge is 0.350 e. The number of hydrogen-bond donors (Lipinski definition) is 0. The summed E-state index contributed by atoms with van der Waals surface area (Å²) in [6.07, 6.45) is 1.46. The predicted molar refractivity (Wildman–Crippen MR) is 108 cm³/mol. The van der Waals surface area contributed by atoms with Gasteiger partial charge in [0.05, 0.1) is 30.0 Å². The standard InChI is InChI=1S/C21H14N2O6S/c1-10-18(20(26)27-2)30-21(22-10)23-15(13-8-5-9-28-13)14-16(24)11-6-3-4-7-12(11)29-17(14)19(23)25/h3-9,15H,1-2H3/t15-/m0/s1. The number of para-hydroxylation sites is 1. The van der Waals surface area contributed by atoms with Gasteiger partial charge in [-0.05, 0) is 31.2 Å². The Morgan fingerprint density at radius 3 is 2.73 bits per heavy atom. The quantitative estimate of drug-likeness (QED) is 0.464. The van der Waals surface area contributed by atoms with Crippen molar-refractivity contribution in [3.63, 3.8) is 0 Å². The second-order valence-corrected chi connectivity index (χ2v) is 7.64. The SMILES string of the molecule is COC(=O)c1sc(N2C(=O)c3oc4ccccc4c(=O)c3[C@@H]2c2ccco2)nc1C. The first-order valence-electron chi connectivity index (χ1n) is 8.99. The molecule has 1 atom stereocenters. The molecule has 5 rings (SSSR count). The van der Waals surface area contributed by atoms with Crippen molar-refractivity contribution in [1.29, 1.82) is 0 Å². The lowest BCUT2D eigenvalue weighted by atomic mass is 10.0. The molecular weight excluding hydrogens is 408 g/mol. The van der Waals surface area contributed by atoms with Crippen LogP contribution in [-0.2, 0) is 4.74 Å². The number of furan rings is 1. The van der Waals surface area contributed by atoms with E-state index in [1.54, 1.807) is 43.3 Å². The third-order valence-electron chi connectivity index (χ3n) is 4.95. The topological polar surface area (TPSA) is 103 Å². The first-order chi connectivity index (χ1) is 14.5. The molecule has 0 saturated carbocycles. The highest BCUT2D eigenvalue weighted by Crippen LogP contribution is 2.43. The normalized spacial score (nSPS) is 15.6. The summed E-state index contributed by atoms with van der Waals surface area (Å²) in [5.41, 5.74) is 0.611. The molecule has 30 heavy (non-hydrogen) atoms. The molecule has 1 aliphatic heterocycles. The van der Waals surface area contributed by atoms with Crippen LogP contribution in [0.25, 0.3) is 11.0 Å². The van der Waals surface area contributed by atoms with Crippen LogP contribution in [0.3, 0.4) is 0 Å². The Morgan fingerprint density at radius 2 is 2.00 bits per heavy atom. The molecule has 1 aromatic carbocycles. The van der Waals surface area contributed by atoms with Crippen LogP contribution in [0.15, 0.2) is 56.3 Å². The van der Waals surface area contributed by atoms with Crippen molar-refractivity contribution in [3.8, 4) is 0 Å². The second-order valence-electron chi connectivity index (χ2n) is 6.67. The van der Waals surface area contributed by atoms with E-state index in [4.69, 9.17) is 13.6 Å². The summed E-state index contributed by atoms with van der Waals surface area (Å²) < 4.78 is 16.2. The van der Waals surface area contributed by atoms with E-state index in [2.05, 4.69) is 4.98 Å². The molecule has 0 saturated heterocycles. The summed E-state index contributed by atoms with van der Waals surface area (Å²) in [7, 11) is 1.28. The number of carbonyl (C=O) groups excluding carboxylic acids is 2. The molecule has 0 aliphatic carbocycles. The second kappa shape index (κ2) is 6.67. The molecule has 1 amide bonds. The van der Waals surface area contributed by atoms with E-state index < -0.39 is 17.9 Å².